The highest BCUT2D eigenvalue weighted by Gasteiger charge is 2.00. The highest BCUT2D eigenvalue weighted by molar-refractivity contribution is 6.42. The van der Waals surface area contributed by atoms with Crippen molar-refractivity contribution in [3.63, 3.8) is 0 Å². The Hall–Kier alpha value is -1.17. The summed E-state index contributed by atoms with van der Waals surface area (Å²) in [5.74, 6) is 3.14. The van der Waals surface area contributed by atoms with E-state index in [0.717, 1.165) is 0 Å². The third kappa shape index (κ3) is 2.66. The molecule has 1 rings (SSSR count). The molecular weight excluding hydrogens is 211 g/mol. The SMILES string of the molecule is O=C(O)C#Cc1cccc(Cl)c1Cl. The smallest absolute Gasteiger partial charge is 0.382 e. The van der Waals surface area contributed by atoms with E-state index in [-0.39, 0.29) is 5.02 Å². The molecular formula is C9H4Cl2O2. The Morgan fingerprint density at radius 2 is 2.08 bits per heavy atom. The fourth-order valence-corrected chi connectivity index (χ4v) is 1.07. The number of rotatable bonds is 0. The van der Waals surface area contributed by atoms with Crippen molar-refractivity contribution >= 4 is 29.2 Å². The zero-order chi connectivity index (χ0) is 9.84. The van der Waals surface area contributed by atoms with E-state index in [0.29, 0.717) is 10.6 Å². The highest BCUT2D eigenvalue weighted by atomic mass is 35.5. The molecule has 0 radical (unpaired) electrons. The molecule has 0 spiro atoms. The molecule has 4 heteroatoms. The number of hydrogen-bond acceptors (Lipinski definition) is 1. The lowest BCUT2D eigenvalue weighted by molar-refractivity contribution is -0.130. The summed E-state index contributed by atoms with van der Waals surface area (Å²) in [5.41, 5.74) is 0.413. The van der Waals surface area contributed by atoms with Gasteiger partial charge in [0.15, 0.2) is 0 Å². The molecule has 0 heterocycles. The summed E-state index contributed by atoms with van der Waals surface area (Å²) in [6, 6.07) is 4.86. The maximum Gasteiger partial charge on any atom is 0.382 e. The largest absolute Gasteiger partial charge is 0.472 e. The van der Waals surface area contributed by atoms with E-state index in [4.69, 9.17) is 28.3 Å². The Labute approximate surface area is 85.1 Å². The number of carbonyl (C=O) groups is 1. The molecule has 0 atom stereocenters. The van der Waals surface area contributed by atoms with Crippen molar-refractivity contribution in [3.8, 4) is 11.8 Å². The van der Waals surface area contributed by atoms with E-state index in [1.165, 1.54) is 0 Å². The van der Waals surface area contributed by atoms with Crippen LogP contribution in [-0.4, -0.2) is 11.1 Å². The van der Waals surface area contributed by atoms with Crippen molar-refractivity contribution in [1.82, 2.24) is 0 Å². The van der Waals surface area contributed by atoms with Gasteiger partial charge in [0.25, 0.3) is 0 Å². The van der Waals surface area contributed by atoms with Gasteiger partial charge >= 0.3 is 5.97 Å². The molecule has 0 saturated heterocycles. The van der Waals surface area contributed by atoms with Crippen molar-refractivity contribution < 1.29 is 9.90 Å². The van der Waals surface area contributed by atoms with E-state index in [2.05, 4.69) is 5.92 Å². The number of benzene rings is 1. The molecule has 0 amide bonds. The number of carboxylic acids is 1. The predicted molar refractivity (Wildman–Crippen MR) is 51.0 cm³/mol. The van der Waals surface area contributed by atoms with Gasteiger partial charge in [-0.2, -0.15) is 0 Å². The third-order valence-corrected chi connectivity index (χ3v) is 2.07. The summed E-state index contributed by atoms with van der Waals surface area (Å²) in [6.45, 7) is 0. The van der Waals surface area contributed by atoms with Crippen molar-refractivity contribution in [3.05, 3.63) is 33.8 Å². The number of carboxylic acid groups (broad SMARTS) is 1. The number of aliphatic carboxylic acids is 1. The van der Waals surface area contributed by atoms with Crippen molar-refractivity contribution in [2.45, 2.75) is 0 Å². The molecule has 0 bridgehead atoms. The van der Waals surface area contributed by atoms with E-state index >= 15 is 0 Å². The van der Waals surface area contributed by atoms with Gasteiger partial charge in [0.1, 0.15) is 0 Å². The lowest BCUT2D eigenvalue weighted by atomic mass is 10.2. The summed E-state index contributed by atoms with van der Waals surface area (Å²) in [6.07, 6.45) is 0. The van der Waals surface area contributed by atoms with Crippen molar-refractivity contribution in [1.29, 1.82) is 0 Å². The molecule has 1 aromatic carbocycles. The second kappa shape index (κ2) is 4.18. The number of hydrogen-bond donors (Lipinski definition) is 1. The molecule has 0 aliphatic rings. The minimum absolute atomic E-state index is 0.276. The van der Waals surface area contributed by atoms with Gasteiger partial charge < -0.3 is 5.11 Å². The first-order valence-electron chi connectivity index (χ1n) is 3.30. The lowest BCUT2D eigenvalue weighted by Gasteiger charge is -1.96. The van der Waals surface area contributed by atoms with E-state index in [1.54, 1.807) is 18.2 Å². The van der Waals surface area contributed by atoms with Crippen LogP contribution in [0.1, 0.15) is 5.56 Å². The zero-order valence-electron chi connectivity index (χ0n) is 6.34. The normalized spacial score (nSPS) is 8.77. The van der Waals surface area contributed by atoms with Gasteiger partial charge in [0, 0.05) is 11.5 Å². The first-order valence-corrected chi connectivity index (χ1v) is 4.06. The predicted octanol–water partition coefficient (Wildman–Crippen LogP) is 2.43. The van der Waals surface area contributed by atoms with Crippen LogP contribution >= 0.6 is 23.2 Å². The average molecular weight is 215 g/mol. The standard InChI is InChI=1S/C9H4Cl2O2/c10-7-3-1-2-6(9(7)11)4-5-8(12)13/h1-3H,(H,12,13). The average Bonchev–Trinajstić information content (AvgIpc) is 2.07. The molecule has 0 aliphatic heterocycles. The topological polar surface area (TPSA) is 37.3 Å². The van der Waals surface area contributed by atoms with Crippen LogP contribution < -0.4 is 0 Å². The van der Waals surface area contributed by atoms with Crippen LogP contribution in [0.4, 0.5) is 0 Å². The van der Waals surface area contributed by atoms with Gasteiger partial charge in [-0.05, 0) is 12.1 Å². The summed E-state index contributed by atoms with van der Waals surface area (Å²) in [4.78, 5) is 10.1. The minimum Gasteiger partial charge on any atom is -0.472 e. The van der Waals surface area contributed by atoms with E-state index in [9.17, 15) is 4.79 Å². The van der Waals surface area contributed by atoms with E-state index in [1.807, 2.05) is 5.92 Å². The van der Waals surface area contributed by atoms with Crippen LogP contribution in [0.25, 0.3) is 0 Å². The minimum atomic E-state index is -1.20. The molecule has 2 nitrogen and oxygen atoms in total. The second-order valence-corrected chi connectivity index (χ2v) is 2.94. The van der Waals surface area contributed by atoms with Crippen molar-refractivity contribution in [2.75, 3.05) is 0 Å². The van der Waals surface area contributed by atoms with Gasteiger partial charge in [-0.3, -0.25) is 0 Å². The Balaban J connectivity index is 3.11. The second-order valence-electron chi connectivity index (χ2n) is 2.16. The fourth-order valence-electron chi connectivity index (χ4n) is 0.721. The van der Waals surface area contributed by atoms with Crippen LogP contribution in [0.2, 0.25) is 10.0 Å². The molecule has 1 aromatic rings. The fraction of sp³-hybridized carbons (Fsp3) is 0. The molecule has 1 N–H and O–H groups in total. The molecule has 0 aromatic heterocycles. The molecule has 0 saturated carbocycles. The van der Waals surface area contributed by atoms with Crippen LogP contribution in [0.3, 0.4) is 0 Å². The quantitative estimate of drug-likeness (QED) is 0.674. The van der Waals surface area contributed by atoms with Gasteiger partial charge in [-0.15, -0.1) is 0 Å². The first kappa shape index (κ1) is 9.91. The zero-order valence-corrected chi connectivity index (χ0v) is 7.86. The van der Waals surface area contributed by atoms with Gasteiger partial charge in [0.05, 0.1) is 10.0 Å². The molecule has 66 valence electrons. The maximum absolute atomic E-state index is 10.1. The summed E-state index contributed by atoms with van der Waals surface area (Å²) in [7, 11) is 0. The van der Waals surface area contributed by atoms with Crippen LogP contribution in [0, 0.1) is 11.8 Å². The summed E-state index contributed by atoms with van der Waals surface area (Å²) in [5, 5.41) is 8.92. The third-order valence-electron chi connectivity index (χ3n) is 1.26. The molecule has 0 unspecified atom stereocenters. The highest BCUT2D eigenvalue weighted by Crippen LogP contribution is 2.24. The summed E-state index contributed by atoms with van der Waals surface area (Å²) >= 11 is 11.4. The van der Waals surface area contributed by atoms with Gasteiger partial charge in [-0.1, -0.05) is 35.2 Å². The molecule has 13 heavy (non-hydrogen) atoms. The van der Waals surface area contributed by atoms with Crippen LogP contribution in [-0.2, 0) is 4.79 Å². The molecule has 0 aliphatic carbocycles. The Bertz CT molecular complexity index is 402. The van der Waals surface area contributed by atoms with Crippen LogP contribution in [0.5, 0.6) is 0 Å². The van der Waals surface area contributed by atoms with Crippen molar-refractivity contribution in [2.24, 2.45) is 0 Å². The molecule has 0 fully saturated rings. The Morgan fingerprint density at radius 1 is 1.38 bits per heavy atom. The summed E-state index contributed by atoms with van der Waals surface area (Å²) < 4.78 is 0. The lowest BCUT2D eigenvalue weighted by Crippen LogP contribution is -1.87. The van der Waals surface area contributed by atoms with Gasteiger partial charge in [-0.25, -0.2) is 4.79 Å². The maximum atomic E-state index is 10.1. The van der Waals surface area contributed by atoms with Gasteiger partial charge in [0.2, 0.25) is 0 Å². The van der Waals surface area contributed by atoms with E-state index < -0.39 is 5.97 Å². The number of halogens is 2. The van der Waals surface area contributed by atoms with Crippen LogP contribution in [0.15, 0.2) is 18.2 Å². The first-order chi connectivity index (χ1) is 6.11. The monoisotopic (exact) mass is 214 g/mol. The Morgan fingerprint density at radius 3 is 2.69 bits per heavy atom. The Kier molecular flexibility index (Phi) is 3.18.